The Balaban J connectivity index is 1.95. The molecule has 6 heteroatoms. The van der Waals surface area contributed by atoms with Gasteiger partial charge in [-0.1, -0.05) is 29.8 Å². The number of nitrogens with zero attached hydrogens (tertiary/aromatic N) is 2. The third-order valence-electron chi connectivity index (χ3n) is 3.56. The van der Waals surface area contributed by atoms with Crippen molar-refractivity contribution < 1.29 is 0 Å². The Kier molecular flexibility index (Phi) is 3.44. The summed E-state index contributed by atoms with van der Waals surface area (Å²) < 4.78 is 0. The van der Waals surface area contributed by atoms with E-state index in [1.54, 1.807) is 12.4 Å². The Bertz CT molecular complexity index is 1060. The van der Waals surface area contributed by atoms with Gasteiger partial charge in [-0.15, -0.1) is 11.3 Å². The van der Waals surface area contributed by atoms with Crippen LogP contribution in [-0.4, -0.2) is 15.0 Å². The zero-order chi connectivity index (χ0) is 15.8. The number of fused-ring (bicyclic) bond motifs is 1. The highest BCUT2D eigenvalue weighted by molar-refractivity contribution is 7.17. The first kappa shape index (κ1) is 14.1. The second-order valence-corrected chi connectivity index (χ2v) is 6.23. The average molecular weight is 340 g/mol. The van der Waals surface area contributed by atoms with E-state index in [-0.39, 0.29) is 5.56 Å². The SMILES string of the molecule is O=c1[nH]c(-c2ccncc2)nc2scc(-c3ccccc3Cl)c12. The van der Waals surface area contributed by atoms with Crippen molar-refractivity contribution in [2.45, 2.75) is 0 Å². The Morgan fingerprint density at radius 3 is 2.61 bits per heavy atom. The molecule has 0 unspecified atom stereocenters. The van der Waals surface area contributed by atoms with Crippen LogP contribution < -0.4 is 5.56 Å². The molecule has 0 aliphatic rings. The standard InChI is InChI=1S/C17H10ClN3OS/c18-13-4-2-1-3-11(13)12-9-23-17-14(12)16(22)20-15(21-17)10-5-7-19-8-6-10/h1-9H,(H,20,21,22). The fourth-order valence-electron chi connectivity index (χ4n) is 2.47. The molecule has 4 nitrogen and oxygen atoms in total. The van der Waals surface area contributed by atoms with Gasteiger partial charge in [0.1, 0.15) is 10.7 Å². The van der Waals surface area contributed by atoms with Gasteiger partial charge in [0.2, 0.25) is 0 Å². The van der Waals surface area contributed by atoms with Crippen molar-refractivity contribution >= 4 is 33.2 Å². The summed E-state index contributed by atoms with van der Waals surface area (Å²) in [6.45, 7) is 0. The fraction of sp³-hybridized carbons (Fsp3) is 0. The van der Waals surface area contributed by atoms with Crippen LogP contribution in [0.1, 0.15) is 0 Å². The predicted octanol–water partition coefficient (Wildman–Crippen LogP) is 4.37. The molecule has 1 aromatic carbocycles. The lowest BCUT2D eigenvalue weighted by molar-refractivity contribution is 1.18. The van der Waals surface area contributed by atoms with E-state index in [1.807, 2.05) is 41.8 Å². The van der Waals surface area contributed by atoms with Gasteiger partial charge in [-0.2, -0.15) is 0 Å². The van der Waals surface area contributed by atoms with Crippen LogP contribution in [0, 0.1) is 0 Å². The zero-order valence-electron chi connectivity index (χ0n) is 11.8. The first-order valence-electron chi connectivity index (χ1n) is 6.91. The summed E-state index contributed by atoms with van der Waals surface area (Å²) >= 11 is 7.70. The number of halogens is 1. The summed E-state index contributed by atoms with van der Waals surface area (Å²) in [6.07, 6.45) is 3.34. The highest BCUT2D eigenvalue weighted by Crippen LogP contribution is 2.35. The van der Waals surface area contributed by atoms with E-state index in [4.69, 9.17) is 11.6 Å². The summed E-state index contributed by atoms with van der Waals surface area (Å²) in [5, 5.41) is 3.11. The lowest BCUT2D eigenvalue weighted by Crippen LogP contribution is -2.09. The summed E-state index contributed by atoms with van der Waals surface area (Å²) in [7, 11) is 0. The van der Waals surface area contributed by atoms with Crippen LogP contribution in [0.2, 0.25) is 5.02 Å². The van der Waals surface area contributed by atoms with Crippen LogP contribution >= 0.6 is 22.9 Å². The van der Waals surface area contributed by atoms with E-state index in [0.717, 1.165) is 16.7 Å². The van der Waals surface area contributed by atoms with E-state index < -0.39 is 0 Å². The molecule has 0 saturated carbocycles. The number of benzene rings is 1. The second-order valence-electron chi connectivity index (χ2n) is 4.96. The van der Waals surface area contributed by atoms with Gasteiger partial charge in [-0.3, -0.25) is 9.78 Å². The molecule has 4 rings (SSSR count). The van der Waals surface area contributed by atoms with Crippen LogP contribution in [0.5, 0.6) is 0 Å². The first-order chi connectivity index (χ1) is 11.2. The Hall–Kier alpha value is -2.50. The fourth-order valence-corrected chi connectivity index (χ4v) is 3.65. The predicted molar refractivity (Wildman–Crippen MR) is 93.9 cm³/mol. The lowest BCUT2D eigenvalue weighted by atomic mass is 10.1. The summed E-state index contributed by atoms with van der Waals surface area (Å²) in [6, 6.07) is 11.1. The van der Waals surface area contributed by atoms with Gasteiger partial charge in [-0.25, -0.2) is 4.98 Å². The molecule has 0 saturated heterocycles. The number of pyridine rings is 1. The Labute approximate surface area is 140 Å². The summed E-state index contributed by atoms with van der Waals surface area (Å²) in [5.74, 6) is 0.539. The van der Waals surface area contributed by atoms with E-state index in [9.17, 15) is 4.79 Å². The van der Waals surface area contributed by atoms with Crippen molar-refractivity contribution in [2.75, 3.05) is 0 Å². The number of aromatic nitrogens is 3. The van der Waals surface area contributed by atoms with Gasteiger partial charge >= 0.3 is 0 Å². The minimum Gasteiger partial charge on any atom is -0.306 e. The molecule has 0 radical (unpaired) electrons. The van der Waals surface area contributed by atoms with Crippen molar-refractivity contribution in [1.82, 2.24) is 15.0 Å². The minimum absolute atomic E-state index is 0.169. The molecular formula is C17H10ClN3OS. The van der Waals surface area contributed by atoms with Crippen LogP contribution in [0.4, 0.5) is 0 Å². The molecule has 0 bridgehead atoms. The summed E-state index contributed by atoms with van der Waals surface area (Å²) in [5.41, 5.74) is 2.31. The van der Waals surface area contributed by atoms with Gasteiger partial charge < -0.3 is 4.98 Å². The van der Waals surface area contributed by atoms with Crippen molar-refractivity contribution in [1.29, 1.82) is 0 Å². The molecule has 0 aliphatic carbocycles. The first-order valence-corrected chi connectivity index (χ1v) is 8.16. The van der Waals surface area contributed by atoms with E-state index in [0.29, 0.717) is 21.1 Å². The molecule has 112 valence electrons. The van der Waals surface area contributed by atoms with Crippen molar-refractivity contribution in [2.24, 2.45) is 0 Å². The van der Waals surface area contributed by atoms with E-state index >= 15 is 0 Å². The number of hydrogen-bond donors (Lipinski definition) is 1. The number of H-pyrrole nitrogens is 1. The number of rotatable bonds is 2. The maximum Gasteiger partial charge on any atom is 0.260 e. The van der Waals surface area contributed by atoms with Gasteiger partial charge in [0, 0.05) is 39.5 Å². The zero-order valence-corrected chi connectivity index (χ0v) is 13.4. The highest BCUT2D eigenvalue weighted by Gasteiger charge is 2.15. The molecule has 0 spiro atoms. The Morgan fingerprint density at radius 2 is 1.83 bits per heavy atom. The highest BCUT2D eigenvalue weighted by atomic mass is 35.5. The van der Waals surface area contributed by atoms with E-state index in [1.165, 1.54) is 11.3 Å². The molecule has 0 fully saturated rings. The Morgan fingerprint density at radius 1 is 1.04 bits per heavy atom. The van der Waals surface area contributed by atoms with Crippen LogP contribution in [0.25, 0.3) is 32.7 Å². The van der Waals surface area contributed by atoms with Gasteiger partial charge in [0.15, 0.2) is 0 Å². The maximum absolute atomic E-state index is 12.6. The third kappa shape index (κ3) is 2.44. The quantitative estimate of drug-likeness (QED) is 0.590. The summed E-state index contributed by atoms with van der Waals surface area (Å²) in [4.78, 5) is 24.7. The van der Waals surface area contributed by atoms with Crippen LogP contribution in [-0.2, 0) is 0 Å². The third-order valence-corrected chi connectivity index (χ3v) is 4.76. The normalized spacial score (nSPS) is 11.0. The molecule has 1 N–H and O–H groups in total. The van der Waals surface area contributed by atoms with Crippen LogP contribution in [0.15, 0.2) is 59.0 Å². The van der Waals surface area contributed by atoms with Gasteiger partial charge in [-0.05, 0) is 18.2 Å². The topological polar surface area (TPSA) is 58.6 Å². The number of hydrogen-bond acceptors (Lipinski definition) is 4. The van der Waals surface area contributed by atoms with Gasteiger partial charge in [0.25, 0.3) is 5.56 Å². The smallest absolute Gasteiger partial charge is 0.260 e. The average Bonchev–Trinajstić information content (AvgIpc) is 3.00. The maximum atomic E-state index is 12.6. The van der Waals surface area contributed by atoms with Crippen molar-refractivity contribution in [3.05, 3.63) is 69.5 Å². The van der Waals surface area contributed by atoms with Crippen molar-refractivity contribution in [3.63, 3.8) is 0 Å². The molecule has 0 atom stereocenters. The minimum atomic E-state index is -0.169. The second kappa shape index (κ2) is 5.61. The van der Waals surface area contributed by atoms with Gasteiger partial charge in [0.05, 0.1) is 5.39 Å². The monoisotopic (exact) mass is 339 g/mol. The molecule has 3 aromatic heterocycles. The number of aromatic amines is 1. The molecule has 23 heavy (non-hydrogen) atoms. The molecular weight excluding hydrogens is 330 g/mol. The van der Waals surface area contributed by atoms with Crippen molar-refractivity contribution in [3.8, 4) is 22.5 Å². The number of nitrogens with one attached hydrogen (secondary N) is 1. The molecule has 0 aliphatic heterocycles. The van der Waals surface area contributed by atoms with Crippen LogP contribution in [0.3, 0.4) is 0 Å². The molecule has 3 heterocycles. The molecule has 4 aromatic rings. The van der Waals surface area contributed by atoms with E-state index in [2.05, 4.69) is 15.0 Å². The number of thiophene rings is 1. The lowest BCUT2D eigenvalue weighted by Gasteiger charge is -2.03. The largest absolute Gasteiger partial charge is 0.306 e. The molecule has 0 amide bonds.